The number of halogens is 1. The van der Waals surface area contributed by atoms with Crippen LogP contribution >= 0.6 is 15.9 Å². The van der Waals surface area contributed by atoms with E-state index in [2.05, 4.69) is 15.9 Å². The summed E-state index contributed by atoms with van der Waals surface area (Å²) in [5, 5.41) is 11.0. The van der Waals surface area contributed by atoms with Gasteiger partial charge in [0, 0.05) is 0 Å². The van der Waals surface area contributed by atoms with E-state index in [9.17, 15) is 9.90 Å². The average Bonchev–Trinajstić information content (AvgIpc) is 2.28. The molecular weight excluding hydrogens is 260 g/mol. The van der Waals surface area contributed by atoms with Crippen LogP contribution < -0.4 is 9.84 Å². The number of benzene rings is 1. The van der Waals surface area contributed by atoms with Gasteiger partial charge < -0.3 is 14.6 Å². The lowest BCUT2D eigenvalue weighted by Gasteiger charge is -2.27. The van der Waals surface area contributed by atoms with Gasteiger partial charge in [-0.15, -0.1) is 0 Å². The Morgan fingerprint density at radius 1 is 1.47 bits per heavy atom. The molecule has 0 aliphatic carbocycles. The third kappa shape index (κ3) is 2.31. The number of carbonyl (C=O) groups excluding carboxylic acids is 1. The first kappa shape index (κ1) is 12.0. The highest BCUT2D eigenvalue weighted by Gasteiger charge is 2.28. The molecule has 1 unspecified atom stereocenters. The van der Waals surface area contributed by atoms with E-state index in [0.29, 0.717) is 17.7 Å². The molecule has 0 saturated heterocycles. The predicted molar refractivity (Wildman–Crippen MR) is 58.9 cm³/mol. The van der Waals surface area contributed by atoms with Crippen molar-refractivity contribution in [3.8, 4) is 5.75 Å². The molecule has 1 rings (SSSR count). The molecule has 0 radical (unpaired) electrons. The highest BCUT2D eigenvalue weighted by atomic mass is 79.9. The van der Waals surface area contributed by atoms with Gasteiger partial charge in [0.05, 0.1) is 17.4 Å². The number of carboxylic acids is 1. The van der Waals surface area contributed by atoms with Crippen LogP contribution in [-0.2, 0) is 9.12 Å². The van der Waals surface area contributed by atoms with Gasteiger partial charge >= 0.3 is 0 Å². The molecule has 0 heterocycles. The van der Waals surface area contributed by atoms with Crippen LogP contribution in [0.3, 0.4) is 0 Å². The van der Waals surface area contributed by atoms with E-state index in [4.69, 9.17) is 4.74 Å². The Morgan fingerprint density at radius 3 is 2.33 bits per heavy atom. The van der Waals surface area contributed by atoms with E-state index < -0.39 is 10.3 Å². The Morgan fingerprint density at radius 2 is 2.00 bits per heavy atom. The SMILES string of the molecule is CCC(Br)(C(=O)[O-])c1ccc(OC)cc1. The molecule has 0 aliphatic heterocycles. The first-order chi connectivity index (χ1) is 7.04. The second kappa shape index (κ2) is 4.66. The van der Waals surface area contributed by atoms with Gasteiger partial charge in [0.25, 0.3) is 0 Å². The van der Waals surface area contributed by atoms with Gasteiger partial charge in [-0.1, -0.05) is 35.0 Å². The summed E-state index contributed by atoms with van der Waals surface area (Å²) >= 11 is 3.20. The molecule has 1 aromatic carbocycles. The number of alkyl halides is 1. The van der Waals surface area contributed by atoms with Crippen LogP contribution in [-0.4, -0.2) is 13.1 Å². The Balaban J connectivity index is 3.08. The van der Waals surface area contributed by atoms with Crippen molar-refractivity contribution in [1.29, 1.82) is 0 Å². The van der Waals surface area contributed by atoms with Crippen molar-refractivity contribution in [3.63, 3.8) is 0 Å². The van der Waals surface area contributed by atoms with Gasteiger partial charge in [-0.2, -0.15) is 0 Å². The summed E-state index contributed by atoms with van der Waals surface area (Å²) in [7, 11) is 1.56. The fourth-order valence-corrected chi connectivity index (χ4v) is 1.59. The minimum atomic E-state index is -1.13. The van der Waals surface area contributed by atoms with Crippen LogP contribution in [0.15, 0.2) is 24.3 Å². The molecule has 0 saturated carbocycles. The lowest BCUT2D eigenvalue weighted by atomic mass is 9.96. The number of hydrogen-bond acceptors (Lipinski definition) is 3. The quantitative estimate of drug-likeness (QED) is 0.779. The third-order valence-electron chi connectivity index (χ3n) is 2.36. The number of ether oxygens (including phenoxy) is 1. The number of methoxy groups -OCH3 is 1. The molecule has 0 amide bonds. The first-order valence-electron chi connectivity index (χ1n) is 4.59. The van der Waals surface area contributed by atoms with Crippen molar-refractivity contribution in [2.45, 2.75) is 17.7 Å². The van der Waals surface area contributed by atoms with Gasteiger partial charge in [0.15, 0.2) is 0 Å². The van der Waals surface area contributed by atoms with Crippen LogP contribution in [0.5, 0.6) is 5.75 Å². The van der Waals surface area contributed by atoms with Crippen molar-refractivity contribution in [3.05, 3.63) is 29.8 Å². The van der Waals surface area contributed by atoms with Crippen molar-refractivity contribution < 1.29 is 14.6 Å². The first-order valence-corrected chi connectivity index (χ1v) is 5.38. The Kier molecular flexibility index (Phi) is 3.74. The maximum atomic E-state index is 11.0. The van der Waals surface area contributed by atoms with E-state index in [-0.39, 0.29) is 0 Å². The zero-order valence-corrected chi connectivity index (χ0v) is 10.2. The van der Waals surface area contributed by atoms with Crippen LogP contribution in [0.25, 0.3) is 0 Å². The van der Waals surface area contributed by atoms with E-state index >= 15 is 0 Å². The van der Waals surface area contributed by atoms with E-state index in [1.807, 2.05) is 0 Å². The second-order valence-electron chi connectivity index (χ2n) is 3.17. The zero-order chi connectivity index (χ0) is 11.5. The molecule has 0 fully saturated rings. The summed E-state index contributed by atoms with van der Waals surface area (Å²) in [5.74, 6) is -0.432. The Labute approximate surface area is 97.2 Å². The standard InChI is InChI=1S/C11H13BrO3/c1-3-11(12,10(13)14)8-4-6-9(15-2)7-5-8/h4-7H,3H2,1-2H3,(H,13,14)/p-1. The van der Waals surface area contributed by atoms with Gasteiger partial charge in [-0.25, -0.2) is 0 Å². The van der Waals surface area contributed by atoms with E-state index in [0.717, 1.165) is 0 Å². The van der Waals surface area contributed by atoms with Gasteiger partial charge in [0.1, 0.15) is 5.75 Å². The third-order valence-corrected chi connectivity index (χ3v) is 3.70. The van der Waals surface area contributed by atoms with Gasteiger partial charge in [-0.05, 0) is 24.1 Å². The van der Waals surface area contributed by atoms with Crippen LogP contribution in [0.4, 0.5) is 0 Å². The summed E-state index contributed by atoms with van der Waals surface area (Å²) in [6.07, 6.45) is 0.418. The fourth-order valence-electron chi connectivity index (χ4n) is 1.32. The van der Waals surface area contributed by atoms with E-state index in [1.165, 1.54) is 0 Å². The second-order valence-corrected chi connectivity index (χ2v) is 4.52. The summed E-state index contributed by atoms with van der Waals surface area (Å²) in [6, 6.07) is 6.88. The minimum Gasteiger partial charge on any atom is -0.548 e. The number of rotatable bonds is 4. The molecule has 1 aromatic rings. The molecule has 4 heteroatoms. The number of hydrogen-bond donors (Lipinski definition) is 0. The van der Waals surface area contributed by atoms with Crippen LogP contribution in [0.1, 0.15) is 18.9 Å². The predicted octanol–water partition coefficient (Wildman–Crippen LogP) is 1.45. The lowest BCUT2D eigenvalue weighted by Crippen LogP contribution is -2.40. The smallest absolute Gasteiger partial charge is 0.118 e. The lowest BCUT2D eigenvalue weighted by molar-refractivity contribution is -0.309. The highest BCUT2D eigenvalue weighted by Crippen LogP contribution is 2.35. The molecule has 0 aromatic heterocycles. The normalized spacial score (nSPS) is 14.3. The topological polar surface area (TPSA) is 49.4 Å². The molecule has 1 atom stereocenters. The molecule has 3 nitrogen and oxygen atoms in total. The summed E-state index contributed by atoms with van der Waals surface area (Å²) in [6.45, 7) is 1.79. The Bertz CT molecular complexity index is 347. The fraction of sp³-hybridized carbons (Fsp3) is 0.364. The maximum absolute atomic E-state index is 11.0. The molecule has 0 aliphatic rings. The Hall–Kier alpha value is -1.03. The van der Waals surface area contributed by atoms with Gasteiger partial charge in [-0.3, -0.25) is 0 Å². The van der Waals surface area contributed by atoms with Crippen LogP contribution in [0, 0.1) is 0 Å². The molecule has 0 spiro atoms. The van der Waals surface area contributed by atoms with Crippen LogP contribution in [0.2, 0.25) is 0 Å². The number of aliphatic carboxylic acids is 1. The summed E-state index contributed by atoms with van der Waals surface area (Å²) in [4.78, 5) is 11.0. The van der Waals surface area contributed by atoms with Gasteiger partial charge in [0.2, 0.25) is 0 Å². The van der Waals surface area contributed by atoms with Crippen molar-refractivity contribution in [2.75, 3.05) is 7.11 Å². The van der Waals surface area contributed by atoms with E-state index in [1.54, 1.807) is 38.3 Å². The van der Waals surface area contributed by atoms with Crippen molar-refractivity contribution >= 4 is 21.9 Å². The zero-order valence-electron chi connectivity index (χ0n) is 8.62. The van der Waals surface area contributed by atoms with Crippen molar-refractivity contribution in [1.82, 2.24) is 0 Å². The number of carboxylic acid groups (broad SMARTS) is 1. The molecule has 0 N–H and O–H groups in total. The summed E-state index contributed by atoms with van der Waals surface area (Å²) in [5.41, 5.74) is 0.658. The molecule has 0 bridgehead atoms. The molecule has 82 valence electrons. The largest absolute Gasteiger partial charge is 0.548 e. The minimum absolute atomic E-state index is 0.418. The maximum Gasteiger partial charge on any atom is 0.118 e. The monoisotopic (exact) mass is 271 g/mol. The highest BCUT2D eigenvalue weighted by molar-refractivity contribution is 9.10. The molecular formula is C11H12BrO3-. The van der Waals surface area contributed by atoms with Crippen molar-refractivity contribution in [2.24, 2.45) is 0 Å². The summed E-state index contributed by atoms with van der Waals surface area (Å²) < 4.78 is 3.89. The number of carbonyl (C=O) groups is 1. The molecule has 15 heavy (non-hydrogen) atoms. The average molecular weight is 272 g/mol.